The molecule has 1 saturated heterocycles. The van der Waals surface area contributed by atoms with Gasteiger partial charge in [0, 0.05) is 11.6 Å². The fraction of sp³-hybridized carbons (Fsp3) is 0.308. The lowest BCUT2D eigenvalue weighted by atomic mass is 10.0. The van der Waals surface area contributed by atoms with Crippen LogP contribution in [0, 0.1) is 0 Å². The van der Waals surface area contributed by atoms with Gasteiger partial charge in [0.25, 0.3) is 0 Å². The molecule has 0 amide bonds. The van der Waals surface area contributed by atoms with Crippen LogP contribution in [0.1, 0.15) is 24.6 Å². The molecule has 1 atom stereocenters. The Labute approximate surface area is 99.7 Å². The number of aromatic amines is 1. The smallest absolute Gasteiger partial charge is 0.116 e. The van der Waals surface area contributed by atoms with E-state index in [-0.39, 0.29) is 5.75 Å². The zero-order chi connectivity index (χ0) is 11.7. The third kappa shape index (κ3) is 1.91. The number of H-pyrrole nitrogens is 1. The van der Waals surface area contributed by atoms with Crippen molar-refractivity contribution in [3.8, 4) is 16.9 Å². The molecule has 1 fully saturated rings. The number of phenols is 1. The first-order chi connectivity index (χ1) is 8.34. The van der Waals surface area contributed by atoms with Crippen molar-refractivity contribution in [2.45, 2.75) is 18.9 Å². The molecule has 1 aliphatic rings. The summed E-state index contributed by atoms with van der Waals surface area (Å²) >= 11 is 0. The standard InChI is InChI=1S/C13H15N3O/c17-10-4-1-3-9(7-10)11-8-15-16-13(11)12-5-2-6-14-12/h1,3-4,7-8,12,14,17H,2,5-6H2,(H,15,16). The first-order valence-electron chi connectivity index (χ1n) is 5.90. The van der Waals surface area contributed by atoms with Crippen molar-refractivity contribution in [2.24, 2.45) is 0 Å². The van der Waals surface area contributed by atoms with Gasteiger partial charge in [-0.25, -0.2) is 0 Å². The minimum Gasteiger partial charge on any atom is -0.508 e. The summed E-state index contributed by atoms with van der Waals surface area (Å²) in [5, 5.41) is 20.2. The first kappa shape index (κ1) is 10.4. The van der Waals surface area contributed by atoms with Crippen LogP contribution in [0.2, 0.25) is 0 Å². The van der Waals surface area contributed by atoms with Gasteiger partial charge in [0.1, 0.15) is 5.75 Å². The molecular formula is C13H15N3O. The number of phenolic OH excluding ortho intramolecular Hbond substituents is 1. The van der Waals surface area contributed by atoms with E-state index in [4.69, 9.17) is 0 Å². The normalized spacial score (nSPS) is 19.6. The van der Waals surface area contributed by atoms with Crippen molar-refractivity contribution in [3.05, 3.63) is 36.2 Å². The molecule has 1 aromatic heterocycles. The lowest BCUT2D eigenvalue weighted by Gasteiger charge is -2.10. The molecule has 0 spiro atoms. The van der Waals surface area contributed by atoms with E-state index in [1.54, 1.807) is 12.1 Å². The molecule has 2 aromatic rings. The second-order valence-corrected chi connectivity index (χ2v) is 4.40. The highest BCUT2D eigenvalue weighted by molar-refractivity contribution is 5.67. The summed E-state index contributed by atoms with van der Waals surface area (Å²) in [7, 11) is 0. The van der Waals surface area contributed by atoms with Crippen molar-refractivity contribution in [1.82, 2.24) is 15.5 Å². The summed E-state index contributed by atoms with van der Waals surface area (Å²) in [6.45, 7) is 1.06. The number of rotatable bonds is 2. The molecule has 0 radical (unpaired) electrons. The van der Waals surface area contributed by atoms with Crippen LogP contribution in [-0.2, 0) is 0 Å². The van der Waals surface area contributed by atoms with Gasteiger partial charge >= 0.3 is 0 Å². The zero-order valence-corrected chi connectivity index (χ0v) is 9.48. The topological polar surface area (TPSA) is 60.9 Å². The largest absolute Gasteiger partial charge is 0.508 e. The van der Waals surface area contributed by atoms with Gasteiger partial charge in [-0.05, 0) is 37.1 Å². The predicted octanol–water partition coefficient (Wildman–Crippen LogP) is 2.21. The molecule has 1 aromatic carbocycles. The maximum atomic E-state index is 9.52. The van der Waals surface area contributed by atoms with Gasteiger partial charge in [0.2, 0.25) is 0 Å². The summed E-state index contributed by atoms with van der Waals surface area (Å²) in [6, 6.07) is 7.64. The van der Waals surface area contributed by atoms with Gasteiger partial charge < -0.3 is 10.4 Å². The van der Waals surface area contributed by atoms with Crippen LogP contribution in [0.5, 0.6) is 5.75 Å². The fourth-order valence-corrected chi connectivity index (χ4v) is 2.40. The van der Waals surface area contributed by atoms with Crippen LogP contribution in [0.4, 0.5) is 0 Å². The minimum absolute atomic E-state index is 0.286. The summed E-state index contributed by atoms with van der Waals surface area (Å²) in [4.78, 5) is 0. The van der Waals surface area contributed by atoms with Crippen molar-refractivity contribution < 1.29 is 5.11 Å². The highest BCUT2D eigenvalue weighted by Crippen LogP contribution is 2.31. The number of aromatic nitrogens is 2. The Balaban J connectivity index is 2.00. The Morgan fingerprint density at radius 3 is 3.06 bits per heavy atom. The number of aromatic hydroxyl groups is 1. The Morgan fingerprint density at radius 2 is 2.29 bits per heavy atom. The molecule has 4 heteroatoms. The molecule has 0 saturated carbocycles. The van der Waals surface area contributed by atoms with E-state index < -0.39 is 0 Å². The second kappa shape index (κ2) is 4.22. The van der Waals surface area contributed by atoms with Crippen molar-refractivity contribution in [3.63, 3.8) is 0 Å². The third-order valence-corrected chi connectivity index (χ3v) is 3.23. The summed E-state index contributed by atoms with van der Waals surface area (Å²) in [6.07, 6.45) is 4.15. The van der Waals surface area contributed by atoms with Crippen LogP contribution in [0.25, 0.3) is 11.1 Å². The fourth-order valence-electron chi connectivity index (χ4n) is 2.40. The van der Waals surface area contributed by atoms with Crippen LogP contribution < -0.4 is 5.32 Å². The Morgan fingerprint density at radius 1 is 1.35 bits per heavy atom. The van der Waals surface area contributed by atoms with Crippen LogP contribution >= 0.6 is 0 Å². The van der Waals surface area contributed by atoms with Gasteiger partial charge in [-0.3, -0.25) is 5.10 Å². The number of benzene rings is 1. The van der Waals surface area contributed by atoms with E-state index in [2.05, 4.69) is 15.5 Å². The van der Waals surface area contributed by atoms with Gasteiger partial charge in [-0.2, -0.15) is 5.10 Å². The lowest BCUT2D eigenvalue weighted by molar-refractivity contribution is 0.475. The molecule has 2 heterocycles. The maximum absolute atomic E-state index is 9.52. The van der Waals surface area contributed by atoms with Gasteiger partial charge in [0.15, 0.2) is 0 Å². The summed E-state index contributed by atoms with van der Waals surface area (Å²) in [5.41, 5.74) is 3.19. The average molecular weight is 229 g/mol. The highest BCUT2D eigenvalue weighted by Gasteiger charge is 2.21. The van der Waals surface area contributed by atoms with Gasteiger partial charge in [0.05, 0.1) is 11.9 Å². The highest BCUT2D eigenvalue weighted by atomic mass is 16.3. The van der Waals surface area contributed by atoms with E-state index in [9.17, 15) is 5.11 Å². The monoisotopic (exact) mass is 229 g/mol. The van der Waals surface area contributed by atoms with Crippen molar-refractivity contribution in [1.29, 1.82) is 0 Å². The van der Waals surface area contributed by atoms with Crippen molar-refractivity contribution in [2.75, 3.05) is 6.54 Å². The molecule has 88 valence electrons. The predicted molar refractivity (Wildman–Crippen MR) is 65.7 cm³/mol. The van der Waals surface area contributed by atoms with E-state index in [1.807, 2.05) is 18.3 Å². The maximum Gasteiger partial charge on any atom is 0.116 e. The average Bonchev–Trinajstić information content (AvgIpc) is 3.00. The molecule has 1 aliphatic heterocycles. The van der Waals surface area contributed by atoms with Gasteiger partial charge in [-0.1, -0.05) is 12.1 Å². The SMILES string of the molecule is Oc1cccc(-c2cn[nH]c2C2CCCN2)c1. The molecule has 4 nitrogen and oxygen atoms in total. The number of hydrogen-bond donors (Lipinski definition) is 3. The molecule has 0 bridgehead atoms. The molecule has 1 unspecified atom stereocenters. The Hall–Kier alpha value is -1.81. The molecule has 17 heavy (non-hydrogen) atoms. The van der Waals surface area contributed by atoms with Crippen molar-refractivity contribution >= 4 is 0 Å². The van der Waals surface area contributed by atoms with Gasteiger partial charge in [-0.15, -0.1) is 0 Å². The lowest BCUT2D eigenvalue weighted by Crippen LogP contribution is -2.14. The van der Waals surface area contributed by atoms with E-state index in [1.165, 1.54) is 6.42 Å². The second-order valence-electron chi connectivity index (χ2n) is 4.40. The Bertz CT molecular complexity index is 515. The Kier molecular flexibility index (Phi) is 2.57. The minimum atomic E-state index is 0.286. The molecule has 3 N–H and O–H groups in total. The summed E-state index contributed by atoms with van der Waals surface area (Å²) < 4.78 is 0. The third-order valence-electron chi connectivity index (χ3n) is 3.23. The van der Waals surface area contributed by atoms with E-state index in [0.29, 0.717) is 6.04 Å². The number of nitrogens with zero attached hydrogens (tertiary/aromatic N) is 1. The number of hydrogen-bond acceptors (Lipinski definition) is 3. The zero-order valence-electron chi connectivity index (χ0n) is 9.48. The molecular weight excluding hydrogens is 214 g/mol. The summed E-state index contributed by atoms with van der Waals surface area (Å²) in [5.74, 6) is 0.286. The van der Waals surface area contributed by atoms with Crippen LogP contribution in [0.15, 0.2) is 30.5 Å². The number of nitrogens with one attached hydrogen (secondary N) is 2. The van der Waals surface area contributed by atoms with Crippen LogP contribution in [-0.4, -0.2) is 21.8 Å². The first-order valence-corrected chi connectivity index (χ1v) is 5.90. The van der Waals surface area contributed by atoms with Crippen LogP contribution in [0.3, 0.4) is 0 Å². The molecule has 3 rings (SSSR count). The quantitative estimate of drug-likeness (QED) is 0.740. The molecule has 0 aliphatic carbocycles. The van der Waals surface area contributed by atoms with E-state index in [0.717, 1.165) is 29.8 Å². The van der Waals surface area contributed by atoms with E-state index >= 15 is 0 Å².